The van der Waals surface area contributed by atoms with Gasteiger partial charge in [-0.3, -0.25) is 4.79 Å². The van der Waals surface area contributed by atoms with Gasteiger partial charge in [-0.25, -0.2) is 17.6 Å². The Hall–Kier alpha value is -2.37. The molecule has 2 nitrogen and oxygen atoms in total. The highest BCUT2D eigenvalue weighted by molar-refractivity contribution is 5.97. The van der Waals surface area contributed by atoms with Crippen LogP contribution in [0.2, 0.25) is 0 Å². The Bertz CT molecular complexity index is 615. The maximum Gasteiger partial charge on any atom is 0.206 e. The van der Waals surface area contributed by atoms with Gasteiger partial charge in [-0.15, -0.1) is 0 Å². The van der Waals surface area contributed by atoms with Crippen LogP contribution < -0.4 is 4.74 Å². The number of benzene rings is 2. The van der Waals surface area contributed by atoms with Crippen molar-refractivity contribution < 1.29 is 27.1 Å². The molecule has 0 aliphatic carbocycles. The van der Waals surface area contributed by atoms with Gasteiger partial charge < -0.3 is 4.74 Å². The SMILES string of the molecule is O=C(COc1cc(F)cc(F)c1)c1c(F)cccc1F. The van der Waals surface area contributed by atoms with E-state index in [1.807, 2.05) is 0 Å². The van der Waals surface area contributed by atoms with Crippen molar-refractivity contribution in [1.29, 1.82) is 0 Å². The van der Waals surface area contributed by atoms with Crippen LogP contribution in [-0.2, 0) is 0 Å². The molecule has 0 bridgehead atoms. The lowest BCUT2D eigenvalue weighted by molar-refractivity contribution is 0.0912. The molecule has 104 valence electrons. The third-order valence-corrected chi connectivity index (χ3v) is 2.45. The molecule has 0 aliphatic heterocycles. The second-order valence-corrected chi connectivity index (χ2v) is 3.91. The van der Waals surface area contributed by atoms with Gasteiger partial charge >= 0.3 is 0 Å². The van der Waals surface area contributed by atoms with Crippen molar-refractivity contribution in [3.8, 4) is 5.75 Å². The second kappa shape index (κ2) is 5.73. The summed E-state index contributed by atoms with van der Waals surface area (Å²) in [6.45, 7) is -0.735. The average molecular weight is 284 g/mol. The zero-order chi connectivity index (χ0) is 14.7. The van der Waals surface area contributed by atoms with E-state index in [1.165, 1.54) is 0 Å². The van der Waals surface area contributed by atoms with E-state index < -0.39 is 41.2 Å². The van der Waals surface area contributed by atoms with Gasteiger partial charge in [-0.05, 0) is 12.1 Å². The summed E-state index contributed by atoms with van der Waals surface area (Å²) in [5, 5.41) is 0. The van der Waals surface area contributed by atoms with Gasteiger partial charge in [0.15, 0.2) is 6.61 Å². The molecule has 0 fully saturated rings. The van der Waals surface area contributed by atoms with Crippen molar-refractivity contribution in [2.24, 2.45) is 0 Å². The number of carbonyl (C=O) groups is 1. The molecular weight excluding hydrogens is 276 g/mol. The average Bonchev–Trinajstić information content (AvgIpc) is 2.35. The Labute approximate surface area is 111 Å². The molecule has 0 atom stereocenters. The summed E-state index contributed by atoms with van der Waals surface area (Å²) in [6.07, 6.45) is 0. The summed E-state index contributed by atoms with van der Waals surface area (Å²) >= 11 is 0. The lowest BCUT2D eigenvalue weighted by Gasteiger charge is -2.07. The number of hydrogen-bond donors (Lipinski definition) is 0. The second-order valence-electron chi connectivity index (χ2n) is 3.91. The first kappa shape index (κ1) is 14.0. The van der Waals surface area contributed by atoms with Gasteiger partial charge in [0.2, 0.25) is 5.78 Å². The number of halogens is 4. The molecular formula is C14H8F4O2. The molecule has 0 aliphatic rings. The van der Waals surface area contributed by atoms with Crippen molar-refractivity contribution in [3.05, 3.63) is 65.2 Å². The maximum atomic E-state index is 13.3. The zero-order valence-corrected chi connectivity index (χ0v) is 10.00. The molecule has 2 aromatic carbocycles. The Kier molecular flexibility index (Phi) is 4.02. The lowest BCUT2D eigenvalue weighted by Crippen LogP contribution is -2.15. The van der Waals surface area contributed by atoms with Crippen LogP contribution in [0.1, 0.15) is 10.4 Å². The number of hydrogen-bond acceptors (Lipinski definition) is 2. The highest BCUT2D eigenvalue weighted by atomic mass is 19.1. The van der Waals surface area contributed by atoms with Crippen LogP contribution in [0.15, 0.2) is 36.4 Å². The van der Waals surface area contributed by atoms with Crippen molar-refractivity contribution in [2.75, 3.05) is 6.61 Å². The summed E-state index contributed by atoms with van der Waals surface area (Å²) in [5.41, 5.74) is -0.746. The minimum atomic E-state index is -1.02. The third kappa shape index (κ3) is 3.14. The Morgan fingerprint density at radius 1 is 0.950 bits per heavy atom. The first-order valence-electron chi connectivity index (χ1n) is 5.53. The standard InChI is InChI=1S/C14H8F4O2/c15-8-4-9(16)6-10(5-8)20-7-13(19)14-11(17)2-1-3-12(14)18/h1-6H,7H2. The quantitative estimate of drug-likeness (QED) is 0.634. The molecule has 2 rings (SSSR count). The molecule has 0 saturated carbocycles. The molecule has 2 aromatic rings. The van der Waals surface area contributed by atoms with Crippen molar-refractivity contribution in [3.63, 3.8) is 0 Å². The Morgan fingerprint density at radius 2 is 1.50 bits per heavy atom. The van der Waals surface area contributed by atoms with Gasteiger partial charge in [0, 0.05) is 18.2 Å². The predicted molar refractivity (Wildman–Crippen MR) is 62.5 cm³/mol. The first-order chi connectivity index (χ1) is 9.47. The summed E-state index contributed by atoms with van der Waals surface area (Å²) in [7, 11) is 0. The zero-order valence-electron chi connectivity index (χ0n) is 10.00. The number of carbonyl (C=O) groups excluding carboxylic acids is 1. The highest BCUT2D eigenvalue weighted by Crippen LogP contribution is 2.17. The van der Waals surface area contributed by atoms with Gasteiger partial charge in [0.05, 0.1) is 5.56 Å². The molecule has 0 heterocycles. The predicted octanol–water partition coefficient (Wildman–Crippen LogP) is 3.50. The summed E-state index contributed by atoms with van der Waals surface area (Å²) in [4.78, 5) is 11.6. The van der Waals surface area contributed by atoms with Crippen LogP contribution in [-0.4, -0.2) is 12.4 Å². The molecule has 0 aromatic heterocycles. The van der Waals surface area contributed by atoms with Crippen molar-refractivity contribution in [2.45, 2.75) is 0 Å². The van der Waals surface area contributed by atoms with Crippen LogP contribution in [0, 0.1) is 23.3 Å². The van der Waals surface area contributed by atoms with E-state index in [0.717, 1.165) is 30.3 Å². The molecule has 0 unspecified atom stereocenters. The van der Waals surface area contributed by atoms with E-state index in [1.54, 1.807) is 0 Å². The minimum Gasteiger partial charge on any atom is -0.485 e. The fraction of sp³-hybridized carbons (Fsp3) is 0.0714. The fourth-order valence-electron chi connectivity index (χ4n) is 1.60. The van der Waals surface area contributed by atoms with Gasteiger partial charge in [-0.2, -0.15) is 0 Å². The van der Waals surface area contributed by atoms with Gasteiger partial charge in [0.1, 0.15) is 29.0 Å². The Morgan fingerprint density at radius 3 is 2.05 bits per heavy atom. The number of ether oxygens (including phenoxy) is 1. The van der Waals surface area contributed by atoms with E-state index in [4.69, 9.17) is 4.74 Å². The van der Waals surface area contributed by atoms with Crippen LogP contribution in [0.25, 0.3) is 0 Å². The normalized spacial score (nSPS) is 10.4. The molecule has 0 saturated heterocycles. The molecule has 0 N–H and O–H groups in total. The molecule has 0 amide bonds. The molecule has 0 spiro atoms. The van der Waals surface area contributed by atoms with E-state index >= 15 is 0 Å². The summed E-state index contributed by atoms with van der Waals surface area (Å²) in [5.74, 6) is -5.03. The van der Waals surface area contributed by atoms with Crippen LogP contribution in [0.4, 0.5) is 17.6 Å². The van der Waals surface area contributed by atoms with Crippen molar-refractivity contribution >= 4 is 5.78 Å². The number of Topliss-reactive ketones (excluding diaryl/α,β-unsaturated/α-hetero) is 1. The Balaban J connectivity index is 2.13. The van der Waals surface area contributed by atoms with E-state index in [-0.39, 0.29) is 5.75 Å². The van der Waals surface area contributed by atoms with Crippen LogP contribution >= 0.6 is 0 Å². The third-order valence-electron chi connectivity index (χ3n) is 2.45. The van der Waals surface area contributed by atoms with E-state index in [2.05, 4.69) is 0 Å². The first-order valence-corrected chi connectivity index (χ1v) is 5.53. The molecule has 6 heteroatoms. The largest absolute Gasteiger partial charge is 0.485 e. The van der Waals surface area contributed by atoms with Crippen LogP contribution in [0.5, 0.6) is 5.75 Å². The molecule has 20 heavy (non-hydrogen) atoms. The monoisotopic (exact) mass is 284 g/mol. The maximum absolute atomic E-state index is 13.3. The van der Waals surface area contributed by atoms with E-state index in [9.17, 15) is 22.4 Å². The van der Waals surface area contributed by atoms with Gasteiger partial charge in [0.25, 0.3) is 0 Å². The van der Waals surface area contributed by atoms with Gasteiger partial charge in [-0.1, -0.05) is 6.07 Å². The van der Waals surface area contributed by atoms with E-state index in [0.29, 0.717) is 6.07 Å². The van der Waals surface area contributed by atoms with Crippen LogP contribution in [0.3, 0.4) is 0 Å². The number of ketones is 1. The molecule has 0 radical (unpaired) electrons. The summed E-state index contributed by atoms with van der Waals surface area (Å²) < 4.78 is 57.2. The highest BCUT2D eigenvalue weighted by Gasteiger charge is 2.17. The summed E-state index contributed by atoms with van der Waals surface area (Å²) in [6, 6.07) is 5.31. The smallest absolute Gasteiger partial charge is 0.206 e. The topological polar surface area (TPSA) is 26.3 Å². The minimum absolute atomic E-state index is 0.243. The lowest BCUT2D eigenvalue weighted by atomic mass is 10.1. The van der Waals surface area contributed by atoms with Crippen molar-refractivity contribution in [1.82, 2.24) is 0 Å². The fourth-order valence-corrected chi connectivity index (χ4v) is 1.60. The number of rotatable bonds is 4.